The van der Waals surface area contributed by atoms with Crippen LogP contribution in [0, 0.1) is 0 Å². The van der Waals surface area contributed by atoms with E-state index in [1.165, 1.54) is 5.30 Å². The van der Waals surface area contributed by atoms with Gasteiger partial charge in [0, 0.05) is 11.0 Å². The number of benzene rings is 2. The van der Waals surface area contributed by atoms with Crippen LogP contribution in [0.4, 0.5) is 5.69 Å². The van der Waals surface area contributed by atoms with E-state index in [9.17, 15) is 9.90 Å². The Balaban J connectivity index is 2.15. The highest BCUT2D eigenvalue weighted by molar-refractivity contribution is 7.69. The molecular formula is C20H24NO2P. The first-order chi connectivity index (χ1) is 11.3. The van der Waals surface area contributed by atoms with Crippen LogP contribution in [0.2, 0.25) is 0 Å². The fourth-order valence-corrected chi connectivity index (χ4v) is 6.74. The molecule has 1 unspecified atom stereocenters. The van der Waals surface area contributed by atoms with Crippen molar-refractivity contribution < 1.29 is 9.90 Å². The van der Waals surface area contributed by atoms with E-state index in [-0.39, 0.29) is 11.2 Å². The minimum Gasteiger partial charge on any atom is -0.479 e. The Bertz CT molecular complexity index is 739. The molecule has 3 atom stereocenters. The Morgan fingerprint density at radius 3 is 2.25 bits per heavy atom. The summed E-state index contributed by atoms with van der Waals surface area (Å²) in [7, 11) is -0.841. The first kappa shape index (κ1) is 17.0. The molecule has 1 heterocycles. The first-order valence-corrected chi connectivity index (χ1v) is 9.68. The van der Waals surface area contributed by atoms with E-state index >= 15 is 0 Å². The van der Waals surface area contributed by atoms with E-state index in [0.29, 0.717) is 0 Å². The summed E-state index contributed by atoms with van der Waals surface area (Å²) in [6.45, 7) is 8.57. The lowest BCUT2D eigenvalue weighted by atomic mass is 10.1. The molecule has 1 aliphatic rings. The van der Waals surface area contributed by atoms with Gasteiger partial charge in [-0.25, -0.2) is 4.79 Å². The number of nitrogens with zero attached hydrogens (tertiary/aromatic N) is 1. The third kappa shape index (κ3) is 2.82. The van der Waals surface area contributed by atoms with Gasteiger partial charge < -0.3 is 10.0 Å². The molecule has 0 radical (unpaired) electrons. The number of rotatable bonds is 3. The van der Waals surface area contributed by atoms with Crippen molar-refractivity contribution in [3.63, 3.8) is 0 Å². The van der Waals surface area contributed by atoms with Crippen molar-refractivity contribution in [2.24, 2.45) is 0 Å². The number of anilines is 1. The predicted molar refractivity (Wildman–Crippen MR) is 102 cm³/mol. The maximum absolute atomic E-state index is 12.2. The van der Waals surface area contributed by atoms with Gasteiger partial charge in [-0.1, -0.05) is 69.3 Å². The highest BCUT2D eigenvalue weighted by Crippen LogP contribution is 2.61. The second-order valence-electron chi connectivity index (χ2n) is 7.24. The van der Waals surface area contributed by atoms with Gasteiger partial charge in [-0.3, -0.25) is 0 Å². The molecule has 24 heavy (non-hydrogen) atoms. The molecule has 0 saturated heterocycles. The molecule has 3 nitrogen and oxygen atoms in total. The van der Waals surface area contributed by atoms with Crippen molar-refractivity contribution in [2.75, 3.05) is 4.90 Å². The van der Waals surface area contributed by atoms with Gasteiger partial charge in [0.25, 0.3) is 0 Å². The van der Waals surface area contributed by atoms with Crippen LogP contribution in [-0.4, -0.2) is 22.0 Å². The quantitative estimate of drug-likeness (QED) is 0.831. The molecule has 4 heteroatoms. The van der Waals surface area contributed by atoms with Crippen LogP contribution in [-0.2, 0) is 4.79 Å². The summed E-state index contributed by atoms with van der Waals surface area (Å²) < 4.78 is 0. The average Bonchev–Trinajstić information content (AvgIpc) is 2.90. The lowest BCUT2D eigenvalue weighted by molar-refractivity contribution is -0.136. The van der Waals surface area contributed by atoms with Crippen molar-refractivity contribution in [3.8, 4) is 0 Å². The molecule has 0 fully saturated rings. The number of carboxylic acids is 1. The highest BCUT2D eigenvalue weighted by Gasteiger charge is 2.49. The molecule has 0 spiro atoms. The van der Waals surface area contributed by atoms with Crippen molar-refractivity contribution in [3.05, 3.63) is 60.2 Å². The van der Waals surface area contributed by atoms with Crippen LogP contribution in [0.1, 0.15) is 39.3 Å². The van der Waals surface area contributed by atoms with Gasteiger partial charge in [0.05, 0.1) is 6.04 Å². The molecule has 0 aromatic heterocycles. The van der Waals surface area contributed by atoms with Gasteiger partial charge in [0.15, 0.2) is 5.78 Å². The maximum atomic E-state index is 12.2. The largest absolute Gasteiger partial charge is 0.479 e. The molecule has 3 rings (SSSR count). The minimum absolute atomic E-state index is 0.0169. The number of hydrogen-bond donors (Lipinski definition) is 1. The van der Waals surface area contributed by atoms with Crippen LogP contribution >= 0.6 is 7.92 Å². The van der Waals surface area contributed by atoms with E-state index in [4.69, 9.17) is 0 Å². The summed E-state index contributed by atoms with van der Waals surface area (Å²) in [5, 5.41) is 11.2. The van der Waals surface area contributed by atoms with Gasteiger partial charge in [0.2, 0.25) is 0 Å². The third-order valence-electron chi connectivity index (χ3n) is 4.57. The summed E-state index contributed by atoms with van der Waals surface area (Å²) in [5.41, 5.74) is 2.21. The maximum Gasteiger partial charge on any atom is 0.331 e. The summed E-state index contributed by atoms with van der Waals surface area (Å²) in [4.78, 5) is 14.4. The van der Waals surface area contributed by atoms with Crippen LogP contribution in [0.3, 0.4) is 0 Å². The normalized spacial score (nSPS) is 21.4. The second-order valence-corrected chi connectivity index (χ2v) is 10.3. The van der Waals surface area contributed by atoms with Gasteiger partial charge in [-0.2, -0.15) is 0 Å². The predicted octanol–water partition coefficient (Wildman–Crippen LogP) is 4.58. The number of fused-ring (bicyclic) bond motifs is 1. The molecule has 0 saturated carbocycles. The van der Waals surface area contributed by atoms with Crippen LogP contribution < -0.4 is 10.2 Å². The Morgan fingerprint density at radius 1 is 1.08 bits per heavy atom. The molecule has 126 valence electrons. The van der Waals surface area contributed by atoms with Crippen LogP contribution in [0.25, 0.3) is 0 Å². The smallest absolute Gasteiger partial charge is 0.331 e. The SMILES string of the molecule is C[C@@H](c1ccccc1)N1c2ccccc2P(C(C)(C)C)[C@@H]1C(=O)O. The number of para-hydroxylation sites is 1. The minimum atomic E-state index is -0.841. The first-order valence-electron chi connectivity index (χ1n) is 8.27. The average molecular weight is 341 g/mol. The zero-order chi connectivity index (χ0) is 17.5. The number of carboxylic acid groups (broad SMARTS) is 1. The zero-order valence-electron chi connectivity index (χ0n) is 14.6. The Hall–Kier alpha value is -1.86. The zero-order valence-corrected chi connectivity index (χ0v) is 15.5. The highest BCUT2D eigenvalue weighted by atomic mass is 31.1. The van der Waals surface area contributed by atoms with E-state index in [1.54, 1.807) is 0 Å². The van der Waals surface area contributed by atoms with Crippen molar-refractivity contribution >= 4 is 24.9 Å². The summed E-state index contributed by atoms with van der Waals surface area (Å²) >= 11 is 0. The molecule has 0 bridgehead atoms. The van der Waals surface area contributed by atoms with E-state index in [2.05, 4.69) is 56.9 Å². The summed E-state index contributed by atoms with van der Waals surface area (Å²) in [5.74, 6) is -1.22. The summed E-state index contributed by atoms with van der Waals surface area (Å²) in [6.07, 6.45) is 0. The number of carbonyl (C=O) groups is 1. The molecular weight excluding hydrogens is 317 g/mol. The Labute approximate surface area is 145 Å². The second kappa shape index (κ2) is 6.22. The molecule has 2 aromatic rings. The molecule has 1 N–H and O–H groups in total. The van der Waals surface area contributed by atoms with E-state index in [1.807, 2.05) is 30.3 Å². The lowest BCUT2D eigenvalue weighted by Gasteiger charge is -2.37. The van der Waals surface area contributed by atoms with Crippen molar-refractivity contribution in [1.82, 2.24) is 0 Å². The topological polar surface area (TPSA) is 40.5 Å². The molecule has 2 aromatic carbocycles. The van der Waals surface area contributed by atoms with Gasteiger partial charge in [-0.15, -0.1) is 0 Å². The van der Waals surface area contributed by atoms with Gasteiger partial charge >= 0.3 is 5.97 Å². The van der Waals surface area contributed by atoms with Gasteiger partial charge in [-0.05, 0) is 31.6 Å². The molecule has 1 aliphatic heterocycles. The monoisotopic (exact) mass is 341 g/mol. The molecule has 0 amide bonds. The van der Waals surface area contributed by atoms with Crippen molar-refractivity contribution in [2.45, 2.75) is 44.7 Å². The third-order valence-corrected chi connectivity index (χ3v) is 7.87. The lowest BCUT2D eigenvalue weighted by Crippen LogP contribution is -2.40. The molecule has 0 aliphatic carbocycles. The number of hydrogen-bond acceptors (Lipinski definition) is 2. The fraction of sp³-hybridized carbons (Fsp3) is 0.350. The Morgan fingerprint density at radius 2 is 1.67 bits per heavy atom. The van der Waals surface area contributed by atoms with Gasteiger partial charge in [0.1, 0.15) is 0 Å². The fourth-order valence-electron chi connectivity index (χ4n) is 3.54. The number of aliphatic carboxylic acids is 1. The van der Waals surface area contributed by atoms with Crippen LogP contribution in [0.15, 0.2) is 54.6 Å². The summed E-state index contributed by atoms with van der Waals surface area (Å²) in [6, 6.07) is 18.4. The standard InChI is InChI=1S/C20H24NO2P/c1-14(15-10-6-5-7-11-15)21-16-12-8-9-13-17(16)24(20(2,3)4)18(21)19(22)23/h5-14,18H,1-4H3,(H,22,23)/t14-,18+,24?/m0/s1. The Kier molecular flexibility index (Phi) is 4.40. The van der Waals surface area contributed by atoms with Crippen molar-refractivity contribution in [1.29, 1.82) is 0 Å². The van der Waals surface area contributed by atoms with Crippen LogP contribution in [0.5, 0.6) is 0 Å². The van der Waals surface area contributed by atoms with E-state index in [0.717, 1.165) is 11.3 Å². The van der Waals surface area contributed by atoms with E-state index < -0.39 is 19.7 Å².